The van der Waals surface area contributed by atoms with Crippen molar-refractivity contribution < 1.29 is 27.6 Å². The summed E-state index contributed by atoms with van der Waals surface area (Å²) in [6, 6.07) is 6.01. The monoisotopic (exact) mass is 353 g/mol. The third-order valence-corrected chi connectivity index (χ3v) is 4.00. The number of nitrogens with zero attached hydrogens (tertiary/aromatic N) is 1. The minimum absolute atomic E-state index is 0.0550. The Bertz CT molecular complexity index is 693. The number of aryl methyl sites for hydroxylation is 2. The zero-order chi connectivity index (χ0) is 18.6. The van der Waals surface area contributed by atoms with Crippen LogP contribution >= 0.6 is 0 Å². The Kier molecular flexibility index (Phi) is 6.12. The second-order valence-electron chi connectivity index (χ2n) is 5.73. The molecule has 1 aromatic carbocycles. The summed E-state index contributed by atoms with van der Waals surface area (Å²) in [7, 11) is 0. The molecule has 0 bridgehead atoms. The van der Waals surface area contributed by atoms with Gasteiger partial charge in [0, 0.05) is 5.56 Å². The Hall–Kier alpha value is -2.44. The summed E-state index contributed by atoms with van der Waals surface area (Å²) >= 11 is 0. The van der Waals surface area contributed by atoms with E-state index < -0.39 is 18.6 Å². The van der Waals surface area contributed by atoms with Crippen molar-refractivity contribution in [3.8, 4) is 5.75 Å². The molecular weight excluding hydrogens is 332 g/mol. The van der Waals surface area contributed by atoms with Crippen molar-refractivity contribution in [2.45, 2.75) is 52.7 Å². The lowest BCUT2D eigenvalue weighted by Crippen LogP contribution is -2.18. The van der Waals surface area contributed by atoms with Crippen LogP contribution in [0.15, 0.2) is 28.8 Å². The second kappa shape index (κ2) is 8.09. The third-order valence-electron chi connectivity index (χ3n) is 4.00. The van der Waals surface area contributed by atoms with E-state index in [1.807, 2.05) is 6.92 Å². The summed E-state index contributed by atoms with van der Waals surface area (Å²) in [5.74, 6) is -0.186. The average Bonchev–Trinajstić information content (AvgIpc) is 2.88. The van der Waals surface area contributed by atoms with Crippen molar-refractivity contribution in [1.29, 1.82) is 0 Å². The van der Waals surface area contributed by atoms with Crippen LogP contribution in [0.5, 0.6) is 5.75 Å². The van der Waals surface area contributed by atoms with Crippen molar-refractivity contribution in [3.63, 3.8) is 0 Å². The van der Waals surface area contributed by atoms with Crippen LogP contribution in [0, 0.1) is 13.8 Å². The molecular formula is C18H21F2NO4. The molecule has 2 aromatic rings. The van der Waals surface area contributed by atoms with E-state index in [1.165, 1.54) is 12.1 Å². The van der Waals surface area contributed by atoms with Gasteiger partial charge >= 0.3 is 12.6 Å². The molecule has 5 nitrogen and oxygen atoms in total. The molecule has 7 heteroatoms. The molecule has 2 unspecified atom stereocenters. The lowest BCUT2D eigenvalue weighted by Gasteiger charge is -2.19. The highest BCUT2D eigenvalue weighted by molar-refractivity contribution is 5.79. The van der Waals surface area contributed by atoms with Crippen LogP contribution < -0.4 is 4.74 Å². The summed E-state index contributed by atoms with van der Waals surface area (Å²) in [6.45, 7) is 4.28. The minimum Gasteiger partial charge on any atom is -0.457 e. The smallest absolute Gasteiger partial charge is 0.387 e. The molecule has 0 aliphatic heterocycles. The molecule has 0 saturated carbocycles. The molecule has 2 rings (SSSR count). The Labute approximate surface area is 144 Å². The van der Waals surface area contributed by atoms with Gasteiger partial charge in [-0.3, -0.25) is 4.79 Å². The SMILES string of the molecule is CCC(C(=O)OC(C)c1ccc(OC(F)F)cc1)c1c(C)noc1C. The van der Waals surface area contributed by atoms with Crippen LogP contribution in [0.3, 0.4) is 0 Å². The molecule has 2 atom stereocenters. The van der Waals surface area contributed by atoms with E-state index in [9.17, 15) is 13.6 Å². The van der Waals surface area contributed by atoms with Gasteiger partial charge in [-0.2, -0.15) is 8.78 Å². The van der Waals surface area contributed by atoms with Crippen molar-refractivity contribution in [3.05, 3.63) is 46.8 Å². The summed E-state index contributed by atoms with van der Waals surface area (Å²) in [6.07, 6.45) is 0.0259. The largest absolute Gasteiger partial charge is 0.457 e. The quantitative estimate of drug-likeness (QED) is 0.676. The number of ether oxygens (including phenoxy) is 2. The number of carbonyl (C=O) groups excluding carboxylic acids is 1. The molecule has 1 aromatic heterocycles. The number of halogens is 2. The molecule has 0 aliphatic rings. The molecule has 0 N–H and O–H groups in total. The molecule has 0 spiro atoms. The van der Waals surface area contributed by atoms with Crippen molar-refractivity contribution in [1.82, 2.24) is 5.16 Å². The molecule has 1 heterocycles. The predicted molar refractivity (Wildman–Crippen MR) is 86.6 cm³/mol. The van der Waals surface area contributed by atoms with Crippen LogP contribution in [0.4, 0.5) is 8.78 Å². The fraction of sp³-hybridized carbons (Fsp3) is 0.444. The fourth-order valence-electron chi connectivity index (χ4n) is 2.72. The van der Waals surface area contributed by atoms with E-state index in [-0.39, 0.29) is 11.7 Å². The number of alkyl halides is 2. The number of aromatic nitrogens is 1. The van der Waals surface area contributed by atoms with Crippen LogP contribution in [0.1, 0.15) is 54.9 Å². The first-order chi connectivity index (χ1) is 11.8. The summed E-state index contributed by atoms with van der Waals surface area (Å²) in [5.41, 5.74) is 2.10. The van der Waals surface area contributed by atoms with Crippen LogP contribution in [-0.4, -0.2) is 17.7 Å². The highest BCUT2D eigenvalue weighted by Crippen LogP contribution is 2.30. The lowest BCUT2D eigenvalue weighted by atomic mass is 9.95. The zero-order valence-electron chi connectivity index (χ0n) is 14.6. The molecule has 0 aliphatic carbocycles. The van der Waals surface area contributed by atoms with Crippen LogP contribution in [0.2, 0.25) is 0 Å². The topological polar surface area (TPSA) is 61.6 Å². The number of hydrogen-bond acceptors (Lipinski definition) is 5. The zero-order valence-corrected chi connectivity index (χ0v) is 14.6. The number of hydrogen-bond donors (Lipinski definition) is 0. The molecule has 0 saturated heterocycles. The summed E-state index contributed by atoms with van der Waals surface area (Å²) in [5, 5.41) is 3.88. The first kappa shape index (κ1) is 18.9. The maximum atomic E-state index is 12.6. The van der Waals surface area contributed by atoms with Crippen molar-refractivity contribution >= 4 is 5.97 Å². The summed E-state index contributed by atoms with van der Waals surface area (Å²) in [4.78, 5) is 12.6. The molecule has 25 heavy (non-hydrogen) atoms. The molecule has 0 amide bonds. The van der Waals surface area contributed by atoms with Gasteiger partial charge in [0.2, 0.25) is 0 Å². The van der Waals surface area contributed by atoms with Gasteiger partial charge in [0.1, 0.15) is 17.6 Å². The van der Waals surface area contributed by atoms with E-state index in [1.54, 1.807) is 32.9 Å². The summed E-state index contributed by atoms with van der Waals surface area (Å²) < 4.78 is 39.3. The van der Waals surface area contributed by atoms with Gasteiger partial charge < -0.3 is 14.0 Å². The van der Waals surface area contributed by atoms with Gasteiger partial charge in [-0.15, -0.1) is 0 Å². The average molecular weight is 353 g/mol. The van der Waals surface area contributed by atoms with Gasteiger partial charge in [0.25, 0.3) is 0 Å². The molecule has 136 valence electrons. The van der Waals surface area contributed by atoms with Gasteiger partial charge in [-0.25, -0.2) is 0 Å². The second-order valence-corrected chi connectivity index (χ2v) is 5.73. The predicted octanol–water partition coefficient (Wildman–Crippen LogP) is 4.69. The van der Waals surface area contributed by atoms with Crippen LogP contribution in [-0.2, 0) is 9.53 Å². The maximum absolute atomic E-state index is 12.6. The van der Waals surface area contributed by atoms with Gasteiger partial charge in [0.05, 0.1) is 11.6 Å². The highest BCUT2D eigenvalue weighted by Gasteiger charge is 2.28. The maximum Gasteiger partial charge on any atom is 0.387 e. The normalized spacial score (nSPS) is 13.6. The van der Waals surface area contributed by atoms with E-state index in [4.69, 9.17) is 9.26 Å². The Morgan fingerprint density at radius 3 is 2.36 bits per heavy atom. The van der Waals surface area contributed by atoms with E-state index >= 15 is 0 Å². The van der Waals surface area contributed by atoms with Gasteiger partial charge in [-0.1, -0.05) is 24.2 Å². The van der Waals surface area contributed by atoms with E-state index in [0.29, 0.717) is 23.4 Å². The Morgan fingerprint density at radius 2 is 1.88 bits per heavy atom. The first-order valence-corrected chi connectivity index (χ1v) is 8.01. The highest BCUT2D eigenvalue weighted by atomic mass is 19.3. The molecule has 0 fully saturated rings. The lowest BCUT2D eigenvalue weighted by molar-refractivity contribution is -0.150. The standard InChI is InChI=1S/C18H21F2NO4/c1-5-15(16-10(2)21-25-12(16)4)17(22)23-11(3)13-6-8-14(9-7-13)24-18(19)20/h6-9,11,15,18H,5H2,1-4H3. The molecule has 0 radical (unpaired) electrons. The van der Waals surface area contributed by atoms with E-state index in [0.717, 1.165) is 5.56 Å². The number of esters is 1. The van der Waals surface area contributed by atoms with Gasteiger partial charge in [-0.05, 0) is 44.9 Å². The van der Waals surface area contributed by atoms with Crippen LogP contribution in [0.25, 0.3) is 0 Å². The van der Waals surface area contributed by atoms with Gasteiger partial charge in [0.15, 0.2) is 0 Å². The Morgan fingerprint density at radius 1 is 1.24 bits per heavy atom. The first-order valence-electron chi connectivity index (χ1n) is 8.01. The number of carbonyl (C=O) groups is 1. The number of rotatable bonds is 7. The van der Waals surface area contributed by atoms with E-state index in [2.05, 4.69) is 9.89 Å². The Balaban J connectivity index is 2.08. The fourth-order valence-corrected chi connectivity index (χ4v) is 2.72. The van der Waals surface area contributed by atoms with Crippen molar-refractivity contribution in [2.24, 2.45) is 0 Å². The minimum atomic E-state index is -2.87. The third kappa shape index (κ3) is 4.55. The number of benzene rings is 1. The van der Waals surface area contributed by atoms with Crippen molar-refractivity contribution in [2.75, 3.05) is 0 Å².